The molecule has 2 aromatic rings. The molecule has 0 atom stereocenters. The number of aryl methyl sites for hydroxylation is 1. The van der Waals surface area contributed by atoms with E-state index in [-0.39, 0.29) is 0 Å². The molecule has 4 heteroatoms. The molecule has 0 aliphatic carbocycles. The Morgan fingerprint density at radius 1 is 1.18 bits per heavy atom. The van der Waals surface area contributed by atoms with Crippen molar-refractivity contribution < 1.29 is 4.74 Å². The summed E-state index contributed by atoms with van der Waals surface area (Å²) in [6.07, 6.45) is 0. The third-order valence-corrected chi connectivity index (χ3v) is 2.79. The highest BCUT2D eigenvalue weighted by Crippen LogP contribution is 2.34. The summed E-state index contributed by atoms with van der Waals surface area (Å²) in [6, 6.07) is 9.19. The Labute approximate surface area is 105 Å². The lowest BCUT2D eigenvalue weighted by Crippen LogP contribution is -1.95. The van der Waals surface area contributed by atoms with E-state index in [0.717, 1.165) is 22.6 Å². The van der Waals surface area contributed by atoms with Crippen molar-refractivity contribution in [3.05, 3.63) is 41.0 Å². The first-order valence-corrected chi connectivity index (χ1v) is 5.56. The minimum Gasteiger partial charge on any atom is -0.496 e. The van der Waals surface area contributed by atoms with E-state index in [1.165, 1.54) is 0 Å². The number of benzene rings is 1. The van der Waals surface area contributed by atoms with E-state index in [1.807, 2.05) is 25.1 Å². The number of hydrogen-bond donors (Lipinski definition) is 1. The molecule has 0 aliphatic heterocycles. The first kappa shape index (κ1) is 11.7. The maximum Gasteiger partial charge on any atom is 0.126 e. The molecule has 0 aliphatic rings. The summed E-state index contributed by atoms with van der Waals surface area (Å²) in [5.74, 6) is 1.27. The molecule has 0 fully saturated rings. The van der Waals surface area contributed by atoms with Crippen LogP contribution in [0.25, 0.3) is 11.1 Å². The number of ether oxygens (including phenoxy) is 1. The van der Waals surface area contributed by atoms with Crippen LogP contribution >= 0.6 is 11.6 Å². The van der Waals surface area contributed by atoms with Gasteiger partial charge in [-0.25, -0.2) is 4.98 Å². The number of nitrogen functional groups attached to an aromatic ring is 1. The highest BCUT2D eigenvalue weighted by molar-refractivity contribution is 6.31. The molecule has 0 bridgehead atoms. The van der Waals surface area contributed by atoms with E-state index in [0.29, 0.717) is 10.8 Å². The summed E-state index contributed by atoms with van der Waals surface area (Å²) in [4.78, 5) is 4.23. The van der Waals surface area contributed by atoms with Crippen molar-refractivity contribution in [1.82, 2.24) is 4.98 Å². The molecule has 1 heterocycles. The zero-order valence-electron chi connectivity index (χ0n) is 9.70. The fraction of sp³-hybridized carbons (Fsp3) is 0.154. The monoisotopic (exact) mass is 248 g/mol. The fourth-order valence-electron chi connectivity index (χ4n) is 1.76. The van der Waals surface area contributed by atoms with Crippen LogP contribution in [0.4, 0.5) is 5.82 Å². The van der Waals surface area contributed by atoms with E-state index in [2.05, 4.69) is 4.98 Å². The third-order valence-electron chi connectivity index (χ3n) is 2.56. The van der Waals surface area contributed by atoms with E-state index in [9.17, 15) is 0 Å². The number of methoxy groups -OCH3 is 1. The normalized spacial score (nSPS) is 10.3. The molecule has 1 aromatic carbocycles. The minimum atomic E-state index is 0.507. The van der Waals surface area contributed by atoms with E-state index in [1.54, 1.807) is 19.2 Å². The van der Waals surface area contributed by atoms with Crippen LogP contribution in [-0.4, -0.2) is 12.1 Å². The highest BCUT2D eigenvalue weighted by atomic mass is 35.5. The Balaban J connectivity index is 2.62. The SMILES string of the molecule is COc1ccc(Cl)cc1-c1ccc(N)nc1C. The number of aromatic nitrogens is 1. The summed E-state index contributed by atoms with van der Waals surface area (Å²) >= 11 is 6.01. The van der Waals surface area contributed by atoms with Crippen molar-refractivity contribution >= 4 is 17.4 Å². The Kier molecular flexibility index (Phi) is 3.20. The average Bonchev–Trinajstić information content (AvgIpc) is 2.29. The van der Waals surface area contributed by atoms with Crippen molar-refractivity contribution in [2.75, 3.05) is 12.8 Å². The molecule has 17 heavy (non-hydrogen) atoms. The number of pyridine rings is 1. The topological polar surface area (TPSA) is 48.1 Å². The van der Waals surface area contributed by atoms with Gasteiger partial charge in [0, 0.05) is 21.8 Å². The molecular weight excluding hydrogens is 236 g/mol. The molecule has 0 saturated heterocycles. The lowest BCUT2D eigenvalue weighted by Gasteiger charge is -2.11. The molecule has 0 spiro atoms. The van der Waals surface area contributed by atoms with Crippen molar-refractivity contribution in [3.8, 4) is 16.9 Å². The quantitative estimate of drug-likeness (QED) is 0.887. The van der Waals surface area contributed by atoms with Gasteiger partial charge >= 0.3 is 0 Å². The lowest BCUT2D eigenvalue weighted by atomic mass is 10.0. The second-order valence-corrected chi connectivity index (χ2v) is 4.15. The molecule has 88 valence electrons. The zero-order chi connectivity index (χ0) is 12.4. The summed E-state index contributed by atoms with van der Waals surface area (Å²) < 4.78 is 5.32. The molecule has 0 radical (unpaired) electrons. The Hall–Kier alpha value is -1.74. The molecule has 0 unspecified atom stereocenters. The molecule has 0 saturated carbocycles. The van der Waals surface area contributed by atoms with Crippen LogP contribution < -0.4 is 10.5 Å². The number of halogens is 1. The largest absolute Gasteiger partial charge is 0.496 e. The van der Waals surface area contributed by atoms with Gasteiger partial charge in [-0.15, -0.1) is 0 Å². The number of nitrogens with two attached hydrogens (primary N) is 1. The van der Waals surface area contributed by atoms with Crippen molar-refractivity contribution in [2.45, 2.75) is 6.92 Å². The van der Waals surface area contributed by atoms with E-state index >= 15 is 0 Å². The number of anilines is 1. The zero-order valence-corrected chi connectivity index (χ0v) is 10.5. The average molecular weight is 249 g/mol. The van der Waals surface area contributed by atoms with Crippen molar-refractivity contribution in [2.24, 2.45) is 0 Å². The van der Waals surface area contributed by atoms with Crippen LogP contribution in [0.3, 0.4) is 0 Å². The van der Waals surface area contributed by atoms with Gasteiger partial charge in [0.2, 0.25) is 0 Å². The summed E-state index contributed by atoms with van der Waals surface area (Å²) in [7, 11) is 1.63. The fourth-order valence-corrected chi connectivity index (χ4v) is 1.93. The predicted octanol–water partition coefficient (Wildman–Crippen LogP) is 3.30. The highest BCUT2D eigenvalue weighted by Gasteiger charge is 2.10. The van der Waals surface area contributed by atoms with Crippen LogP contribution in [0.5, 0.6) is 5.75 Å². The van der Waals surface area contributed by atoms with Crippen LogP contribution in [0.2, 0.25) is 5.02 Å². The van der Waals surface area contributed by atoms with Gasteiger partial charge in [-0.3, -0.25) is 0 Å². The summed E-state index contributed by atoms with van der Waals surface area (Å²) in [5.41, 5.74) is 8.38. The van der Waals surface area contributed by atoms with Crippen LogP contribution in [0.1, 0.15) is 5.69 Å². The number of hydrogen-bond acceptors (Lipinski definition) is 3. The Morgan fingerprint density at radius 2 is 1.94 bits per heavy atom. The lowest BCUT2D eigenvalue weighted by molar-refractivity contribution is 0.416. The first-order chi connectivity index (χ1) is 8.11. The van der Waals surface area contributed by atoms with E-state index < -0.39 is 0 Å². The van der Waals surface area contributed by atoms with Gasteiger partial charge in [0.1, 0.15) is 11.6 Å². The second-order valence-electron chi connectivity index (χ2n) is 3.71. The third kappa shape index (κ3) is 2.34. The van der Waals surface area contributed by atoms with Gasteiger partial charge in [-0.1, -0.05) is 11.6 Å². The summed E-state index contributed by atoms with van der Waals surface area (Å²) in [6.45, 7) is 1.91. The first-order valence-electron chi connectivity index (χ1n) is 5.19. The Morgan fingerprint density at radius 3 is 2.59 bits per heavy atom. The standard InChI is InChI=1S/C13H13ClN2O/c1-8-10(4-6-13(15)16-8)11-7-9(14)3-5-12(11)17-2/h3-7H,1-2H3,(H2,15,16). The van der Waals surface area contributed by atoms with Gasteiger partial charge < -0.3 is 10.5 Å². The van der Waals surface area contributed by atoms with Gasteiger partial charge in [0.25, 0.3) is 0 Å². The van der Waals surface area contributed by atoms with Crippen LogP contribution in [0.15, 0.2) is 30.3 Å². The van der Waals surface area contributed by atoms with Gasteiger partial charge in [0.15, 0.2) is 0 Å². The molecule has 3 nitrogen and oxygen atoms in total. The molecule has 1 aromatic heterocycles. The van der Waals surface area contributed by atoms with Crippen LogP contribution in [-0.2, 0) is 0 Å². The molecular formula is C13H13ClN2O. The molecule has 2 rings (SSSR count). The number of rotatable bonds is 2. The summed E-state index contributed by atoms with van der Waals surface area (Å²) in [5, 5.41) is 0.664. The van der Waals surface area contributed by atoms with Gasteiger partial charge in [0.05, 0.1) is 7.11 Å². The van der Waals surface area contributed by atoms with Crippen LogP contribution in [0, 0.1) is 6.92 Å². The maximum atomic E-state index is 6.01. The maximum absolute atomic E-state index is 6.01. The number of nitrogens with zero attached hydrogens (tertiary/aromatic N) is 1. The Bertz CT molecular complexity index is 555. The second kappa shape index (κ2) is 4.63. The van der Waals surface area contributed by atoms with Crippen molar-refractivity contribution in [1.29, 1.82) is 0 Å². The van der Waals surface area contributed by atoms with E-state index in [4.69, 9.17) is 22.1 Å². The minimum absolute atomic E-state index is 0.507. The molecule has 2 N–H and O–H groups in total. The predicted molar refractivity (Wildman–Crippen MR) is 70.4 cm³/mol. The molecule has 0 amide bonds. The smallest absolute Gasteiger partial charge is 0.126 e. The van der Waals surface area contributed by atoms with Gasteiger partial charge in [-0.05, 0) is 37.3 Å². The van der Waals surface area contributed by atoms with Gasteiger partial charge in [-0.2, -0.15) is 0 Å². The van der Waals surface area contributed by atoms with Crippen molar-refractivity contribution in [3.63, 3.8) is 0 Å².